The average Bonchev–Trinajstić information content (AvgIpc) is 2.47. The molecule has 1 aromatic heterocycles. The Morgan fingerprint density at radius 3 is 1.75 bits per heavy atom. The first kappa shape index (κ1) is 11.9. The number of hydrogen-bond donors (Lipinski definition) is 0. The fourth-order valence-electron chi connectivity index (χ4n) is 1.93. The van der Waals surface area contributed by atoms with Crippen molar-refractivity contribution in [2.24, 2.45) is 0 Å². The Bertz CT molecular complexity index is 498. The smallest absolute Gasteiger partial charge is 0.0740 e. The summed E-state index contributed by atoms with van der Waals surface area (Å²) in [7, 11) is 0. The molecule has 0 saturated heterocycles. The van der Waals surface area contributed by atoms with Crippen LogP contribution in [-0.4, -0.2) is 4.57 Å². The standard InChI is InChI=1S/C13H13Br2N/c1-8-6-11(14)13(12(15)7-8)16-9(2)4-5-10(16)3/h4-7H,1-3H3. The minimum absolute atomic E-state index is 1.11. The van der Waals surface area contributed by atoms with Crippen molar-refractivity contribution in [3.8, 4) is 5.69 Å². The molecule has 0 amide bonds. The molecule has 1 nitrogen and oxygen atoms in total. The first-order valence-corrected chi connectivity index (χ1v) is 6.70. The third-order valence-electron chi connectivity index (χ3n) is 2.66. The molecule has 16 heavy (non-hydrogen) atoms. The molecule has 0 saturated carbocycles. The Balaban J connectivity index is 2.74. The molecule has 0 aliphatic heterocycles. The Hall–Kier alpha value is -0.540. The fourth-order valence-corrected chi connectivity index (χ4v) is 3.70. The zero-order chi connectivity index (χ0) is 11.9. The third kappa shape index (κ3) is 1.98. The maximum atomic E-state index is 3.64. The lowest BCUT2D eigenvalue weighted by Gasteiger charge is -2.14. The normalized spacial score (nSPS) is 10.8. The number of rotatable bonds is 1. The summed E-state index contributed by atoms with van der Waals surface area (Å²) >= 11 is 7.27. The molecule has 0 aliphatic carbocycles. The highest BCUT2D eigenvalue weighted by Crippen LogP contribution is 2.32. The van der Waals surface area contributed by atoms with Gasteiger partial charge in [-0.15, -0.1) is 0 Å². The van der Waals surface area contributed by atoms with Crippen molar-refractivity contribution >= 4 is 31.9 Å². The first-order valence-electron chi connectivity index (χ1n) is 5.11. The van der Waals surface area contributed by atoms with Gasteiger partial charge in [-0.2, -0.15) is 0 Å². The summed E-state index contributed by atoms with van der Waals surface area (Å²) < 4.78 is 4.47. The Morgan fingerprint density at radius 1 is 0.875 bits per heavy atom. The summed E-state index contributed by atoms with van der Waals surface area (Å²) in [4.78, 5) is 0. The van der Waals surface area contributed by atoms with Crippen molar-refractivity contribution in [3.05, 3.63) is 50.2 Å². The summed E-state index contributed by atoms with van der Waals surface area (Å²) in [6.07, 6.45) is 0. The molecular weight excluding hydrogens is 330 g/mol. The minimum Gasteiger partial charge on any atom is -0.316 e. The highest BCUT2D eigenvalue weighted by atomic mass is 79.9. The molecule has 2 aromatic rings. The van der Waals surface area contributed by atoms with Crippen molar-refractivity contribution in [1.82, 2.24) is 4.57 Å². The van der Waals surface area contributed by atoms with E-state index in [1.807, 2.05) is 0 Å². The van der Waals surface area contributed by atoms with Gasteiger partial charge < -0.3 is 4.57 Å². The highest BCUT2D eigenvalue weighted by molar-refractivity contribution is 9.11. The molecule has 0 bridgehead atoms. The lowest BCUT2D eigenvalue weighted by Crippen LogP contribution is -2.01. The highest BCUT2D eigenvalue weighted by Gasteiger charge is 2.11. The van der Waals surface area contributed by atoms with Crippen LogP contribution in [-0.2, 0) is 0 Å². The van der Waals surface area contributed by atoms with Crippen molar-refractivity contribution in [2.45, 2.75) is 20.8 Å². The molecule has 2 rings (SSSR count). The predicted octanol–water partition coefficient (Wildman–Crippen LogP) is 4.93. The van der Waals surface area contributed by atoms with E-state index in [0.717, 1.165) is 8.95 Å². The predicted molar refractivity (Wildman–Crippen MR) is 75.4 cm³/mol. The van der Waals surface area contributed by atoms with E-state index in [4.69, 9.17) is 0 Å². The van der Waals surface area contributed by atoms with E-state index in [9.17, 15) is 0 Å². The number of benzene rings is 1. The van der Waals surface area contributed by atoms with Crippen LogP contribution in [0.2, 0.25) is 0 Å². The van der Waals surface area contributed by atoms with E-state index in [0.29, 0.717) is 0 Å². The number of aryl methyl sites for hydroxylation is 3. The molecule has 0 N–H and O–H groups in total. The summed E-state index contributed by atoms with van der Waals surface area (Å²) in [5, 5.41) is 0. The van der Waals surface area contributed by atoms with Gasteiger partial charge >= 0.3 is 0 Å². The van der Waals surface area contributed by atoms with Crippen LogP contribution in [0.3, 0.4) is 0 Å². The van der Waals surface area contributed by atoms with E-state index in [2.05, 4.69) is 81.5 Å². The maximum absolute atomic E-state index is 3.64. The van der Waals surface area contributed by atoms with Crippen molar-refractivity contribution in [3.63, 3.8) is 0 Å². The van der Waals surface area contributed by atoms with Crippen LogP contribution in [0, 0.1) is 20.8 Å². The quantitative estimate of drug-likeness (QED) is 0.692. The first-order chi connectivity index (χ1) is 7.50. The van der Waals surface area contributed by atoms with Gasteiger partial charge in [-0.05, 0) is 82.5 Å². The molecule has 0 radical (unpaired) electrons. The van der Waals surface area contributed by atoms with E-state index in [1.54, 1.807) is 0 Å². The van der Waals surface area contributed by atoms with Gasteiger partial charge in [-0.3, -0.25) is 0 Å². The number of nitrogens with zero attached hydrogens (tertiary/aromatic N) is 1. The van der Waals surface area contributed by atoms with Gasteiger partial charge in [0, 0.05) is 20.3 Å². The lowest BCUT2D eigenvalue weighted by atomic mass is 10.2. The molecule has 1 aromatic carbocycles. The van der Waals surface area contributed by atoms with Gasteiger partial charge in [-0.1, -0.05) is 0 Å². The van der Waals surface area contributed by atoms with Gasteiger partial charge in [0.2, 0.25) is 0 Å². The zero-order valence-corrected chi connectivity index (χ0v) is 12.7. The van der Waals surface area contributed by atoms with E-state index >= 15 is 0 Å². The maximum Gasteiger partial charge on any atom is 0.0740 e. The van der Waals surface area contributed by atoms with Crippen LogP contribution in [0.1, 0.15) is 17.0 Å². The number of aromatic nitrogens is 1. The Kier molecular flexibility index (Phi) is 3.27. The summed E-state index contributed by atoms with van der Waals surface area (Å²) in [6, 6.07) is 8.54. The Morgan fingerprint density at radius 2 is 1.31 bits per heavy atom. The minimum atomic E-state index is 1.11. The summed E-state index contributed by atoms with van der Waals surface area (Å²) in [5.74, 6) is 0. The van der Waals surface area contributed by atoms with Crippen molar-refractivity contribution in [2.75, 3.05) is 0 Å². The Labute approximate surface area is 113 Å². The largest absolute Gasteiger partial charge is 0.316 e. The lowest BCUT2D eigenvalue weighted by molar-refractivity contribution is 0.953. The molecule has 0 atom stereocenters. The molecular formula is C13H13Br2N. The molecule has 0 fully saturated rings. The van der Waals surface area contributed by atoms with Gasteiger partial charge in [0.25, 0.3) is 0 Å². The van der Waals surface area contributed by atoms with Gasteiger partial charge in [0.15, 0.2) is 0 Å². The second-order valence-electron chi connectivity index (χ2n) is 4.03. The molecule has 0 unspecified atom stereocenters. The molecule has 0 aliphatic rings. The van der Waals surface area contributed by atoms with Crippen LogP contribution in [0.5, 0.6) is 0 Å². The van der Waals surface area contributed by atoms with E-state index < -0.39 is 0 Å². The van der Waals surface area contributed by atoms with Crippen molar-refractivity contribution < 1.29 is 0 Å². The zero-order valence-electron chi connectivity index (χ0n) is 9.51. The van der Waals surface area contributed by atoms with Gasteiger partial charge in [-0.25, -0.2) is 0 Å². The SMILES string of the molecule is Cc1cc(Br)c(-n2c(C)ccc2C)c(Br)c1. The fraction of sp³-hybridized carbons (Fsp3) is 0.231. The van der Waals surface area contributed by atoms with Crippen molar-refractivity contribution in [1.29, 1.82) is 0 Å². The van der Waals surface area contributed by atoms with Crippen LogP contribution in [0.15, 0.2) is 33.2 Å². The van der Waals surface area contributed by atoms with E-state index in [1.165, 1.54) is 22.6 Å². The second kappa shape index (κ2) is 4.38. The summed E-state index contributed by atoms with van der Waals surface area (Å²) in [5.41, 5.74) is 4.89. The molecule has 1 heterocycles. The van der Waals surface area contributed by atoms with Crippen LogP contribution in [0.25, 0.3) is 5.69 Å². The molecule has 3 heteroatoms. The van der Waals surface area contributed by atoms with Crippen LogP contribution >= 0.6 is 31.9 Å². The van der Waals surface area contributed by atoms with Crippen LogP contribution < -0.4 is 0 Å². The molecule has 84 valence electrons. The number of halogens is 2. The average molecular weight is 343 g/mol. The van der Waals surface area contributed by atoms with Gasteiger partial charge in [0.05, 0.1) is 5.69 Å². The third-order valence-corrected chi connectivity index (χ3v) is 3.86. The van der Waals surface area contributed by atoms with Gasteiger partial charge in [0.1, 0.15) is 0 Å². The van der Waals surface area contributed by atoms with Crippen LogP contribution in [0.4, 0.5) is 0 Å². The topological polar surface area (TPSA) is 4.93 Å². The summed E-state index contributed by atoms with van der Waals surface area (Å²) in [6.45, 7) is 6.33. The number of hydrogen-bond acceptors (Lipinski definition) is 0. The second-order valence-corrected chi connectivity index (χ2v) is 5.74. The molecule has 0 spiro atoms. The monoisotopic (exact) mass is 341 g/mol. The van der Waals surface area contributed by atoms with E-state index in [-0.39, 0.29) is 0 Å².